The summed E-state index contributed by atoms with van der Waals surface area (Å²) in [6.45, 7) is 6.34. The lowest BCUT2D eigenvalue weighted by Gasteiger charge is -2.48. The molecule has 3 fully saturated rings. The van der Waals surface area contributed by atoms with Crippen molar-refractivity contribution in [3.8, 4) is 0 Å². The number of hydrogen-bond donors (Lipinski definition) is 1. The van der Waals surface area contributed by atoms with Crippen LogP contribution in [0.5, 0.6) is 0 Å². The number of morpholine rings is 1. The minimum Gasteiger partial charge on any atom is -0.379 e. The maximum absolute atomic E-state index is 13.5. The van der Waals surface area contributed by atoms with Gasteiger partial charge in [0.25, 0.3) is 5.91 Å². The Morgan fingerprint density at radius 3 is 2.30 bits per heavy atom. The maximum atomic E-state index is 13.5. The number of piperazine rings is 1. The molecule has 1 aromatic rings. The van der Waals surface area contributed by atoms with E-state index in [0.29, 0.717) is 39.3 Å². The Kier molecular flexibility index (Phi) is 7.93. The van der Waals surface area contributed by atoms with E-state index >= 15 is 0 Å². The largest absolute Gasteiger partial charge is 0.379 e. The average Bonchev–Trinajstić information content (AvgIpc) is 2.86. The van der Waals surface area contributed by atoms with Crippen LogP contribution in [0.2, 0.25) is 0 Å². The van der Waals surface area contributed by atoms with E-state index in [9.17, 15) is 18.4 Å². The highest BCUT2D eigenvalue weighted by molar-refractivity contribution is 5.94. The summed E-state index contributed by atoms with van der Waals surface area (Å²) in [5.74, 6) is -2.30. The molecule has 0 bridgehead atoms. The number of benzene rings is 1. The first-order chi connectivity index (χ1) is 16.0. The summed E-state index contributed by atoms with van der Waals surface area (Å²) in [7, 11) is 0. The van der Waals surface area contributed by atoms with Gasteiger partial charge in [0.05, 0.1) is 19.8 Å². The molecule has 3 aliphatic rings. The number of carbonyl (C=O) groups excluding carboxylic acids is 2. The predicted molar refractivity (Wildman–Crippen MR) is 120 cm³/mol. The number of nitrogens with zero attached hydrogens (tertiary/aromatic N) is 3. The fourth-order valence-corrected chi connectivity index (χ4v) is 5.30. The van der Waals surface area contributed by atoms with Crippen LogP contribution in [-0.2, 0) is 9.53 Å². The summed E-state index contributed by atoms with van der Waals surface area (Å²) in [5.41, 5.74) is 0.175. The molecule has 2 saturated heterocycles. The van der Waals surface area contributed by atoms with E-state index < -0.39 is 11.6 Å². The van der Waals surface area contributed by atoms with E-state index in [1.807, 2.05) is 4.90 Å². The molecule has 1 N–H and O–H groups in total. The molecular weight excluding hydrogens is 430 g/mol. The van der Waals surface area contributed by atoms with Crippen LogP contribution in [0, 0.1) is 11.6 Å². The zero-order chi connectivity index (χ0) is 23.3. The van der Waals surface area contributed by atoms with Gasteiger partial charge in [-0.25, -0.2) is 8.78 Å². The molecule has 0 atom stereocenters. The quantitative estimate of drug-likeness (QED) is 0.697. The van der Waals surface area contributed by atoms with E-state index in [1.165, 1.54) is 25.3 Å². The second kappa shape index (κ2) is 10.9. The van der Waals surface area contributed by atoms with Crippen LogP contribution in [-0.4, -0.2) is 97.6 Å². The van der Waals surface area contributed by atoms with Gasteiger partial charge < -0.3 is 15.0 Å². The average molecular weight is 465 g/mol. The molecule has 33 heavy (non-hydrogen) atoms. The lowest BCUT2D eigenvalue weighted by molar-refractivity contribution is -0.123. The van der Waals surface area contributed by atoms with Gasteiger partial charge in [0.15, 0.2) is 11.6 Å². The van der Waals surface area contributed by atoms with Crippen molar-refractivity contribution in [2.24, 2.45) is 0 Å². The van der Waals surface area contributed by atoms with Gasteiger partial charge in [-0.15, -0.1) is 0 Å². The highest BCUT2D eigenvalue weighted by atomic mass is 19.2. The van der Waals surface area contributed by atoms with Crippen molar-refractivity contribution >= 4 is 11.8 Å². The SMILES string of the molecule is O=C(CN1CCN(C(=O)c2ccc(F)c(F)c2)CC1)NCC1(N2CCOCC2)CCCCC1. The topological polar surface area (TPSA) is 65.1 Å². The van der Waals surface area contributed by atoms with Crippen molar-refractivity contribution in [2.75, 3.05) is 65.6 Å². The minimum atomic E-state index is -1.02. The van der Waals surface area contributed by atoms with Crippen LogP contribution in [0.3, 0.4) is 0 Å². The Balaban J connectivity index is 1.24. The summed E-state index contributed by atoms with van der Waals surface area (Å²) in [6, 6.07) is 3.21. The van der Waals surface area contributed by atoms with Crippen LogP contribution >= 0.6 is 0 Å². The van der Waals surface area contributed by atoms with Gasteiger partial charge in [-0.2, -0.15) is 0 Å². The van der Waals surface area contributed by atoms with Gasteiger partial charge in [0.2, 0.25) is 5.91 Å². The molecular formula is C24H34F2N4O3. The Morgan fingerprint density at radius 1 is 0.939 bits per heavy atom. The molecule has 9 heteroatoms. The normalized spacial score (nSPS) is 22.2. The second-order valence-electron chi connectivity index (χ2n) is 9.36. The maximum Gasteiger partial charge on any atom is 0.254 e. The van der Waals surface area contributed by atoms with Gasteiger partial charge in [-0.05, 0) is 31.0 Å². The summed E-state index contributed by atoms with van der Waals surface area (Å²) in [4.78, 5) is 31.5. The number of nitrogens with one attached hydrogen (secondary N) is 1. The van der Waals surface area contributed by atoms with Gasteiger partial charge in [-0.3, -0.25) is 19.4 Å². The van der Waals surface area contributed by atoms with Gasteiger partial charge in [0.1, 0.15) is 0 Å². The zero-order valence-electron chi connectivity index (χ0n) is 19.2. The summed E-state index contributed by atoms with van der Waals surface area (Å²) < 4.78 is 32.1. The molecule has 1 aromatic carbocycles. The van der Waals surface area contributed by atoms with Gasteiger partial charge in [0, 0.05) is 56.9 Å². The second-order valence-corrected chi connectivity index (χ2v) is 9.36. The molecule has 0 radical (unpaired) electrons. The molecule has 0 unspecified atom stereocenters. The molecule has 1 aliphatic carbocycles. The van der Waals surface area contributed by atoms with Gasteiger partial charge >= 0.3 is 0 Å². The van der Waals surface area contributed by atoms with Crippen LogP contribution in [0.4, 0.5) is 8.78 Å². The number of hydrogen-bond acceptors (Lipinski definition) is 5. The van der Waals surface area contributed by atoms with Crippen LogP contribution in [0.1, 0.15) is 42.5 Å². The van der Waals surface area contributed by atoms with E-state index in [-0.39, 0.29) is 22.9 Å². The number of halogens is 2. The van der Waals surface area contributed by atoms with Crippen LogP contribution in [0.15, 0.2) is 18.2 Å². The predicted octanol–water partition coefficient (Wildman–Crippen LogP) is 1.87. The molecule has 1 saturated carbocycles. The highest BCUT2D eigenvalue weighted by Gasteiger charge is 2.39. The smallest absolute Gasteiger partial charge is 0.254 e. The Morgan fingerprint density at radius 2 is 1.64 bits per heavy atom. The third kappa shape index (κ3) is 5.88. The Hall–Kier alpha value is -2.10. The molecule has 0 aromatic heterocycles. The molecule has 2 amide bonds. The fraction of sp³-hybridized carbons (Fsp3) is 0.667. The number of amides is 2. The van der Waals surface area contributed by atoms with E-state index in [0.717, 1.165) is 51.3 Å². The van der Waals surface area contributed by atoms with Crippen molar-refractivity contribution in [2.45, 2.75) is 37.6 Å². The molecule has 2 aliphatic heterocycles. The summed E-state index contributed by atoms with van der Waals surface area (Å²) in [6.07, 6.45) is 5.87. The van der Waals surface area contributed by atoms with Crippen molar-refractivity contribution in [1.29, 1.82) is 0 Å². The van der Waals surface area contributed by atoms with Crippen LogP contribution < -0.4 is 5.32 Å². The molecule has 2 heterocycles. The number of carbonyl (C=O) groups is 2. The number of ether oxygens (including phenoxy) is 1. The summed E-state index contributed by atoms with van der Waals surface area (Å²) in [5, 5.41) is 3.19. The fourth-order valence-electron chi connectivity index (χ4n) is 5.30. The zero-order valence-corrected chi connectivity index (χ0v) is 19.2. The molecule has 182 valence electrons. The first-order valence-electron chi connectivity index (χ1n) is 12.0. The van der Waals surface area contributed by atoms with Gasteiger partial charge in [-0.1, -0.05) is 19.3 Å². The lowest BCUT2D eigenvalue weighted by Crippen LogP contribution is -2.60. The molecule has 7 nitrogen and oxygen atoms in total. The van der Waals surface area contributed by atoms with E-state index in [2.05, 4.69) is 10.2 Å². The van der Waals surface area contributed by atoms with Crippen molar-refractivity contribution < 1.29 is 23.1 Å². The first kappa shape index (κ1) is 24.0. The third-order valence-corrected chi connectivity index (χ3v) is 7.27. The van der Waals surface area contributed by atoms with E-state index in [4.69, 9.17) is 4.74 Å². The summed E-state index contributed by atoms with van der Waals surface area (Å²) >= 11 is 0. The van der Waals surface area contributed by atoms with Crippen LogP contribution in [0.25, 0.3) is 0 Å². The van der Waals surface area contributed by atoms with Crippen molar-refractivity contribution in [3.05, 3.63) is 35.4 Å². The first-order valence-corrected chi connectivity index (χ1v) is 12.0. The van der Waals surface area contributed by atoms with Crippen molar-refractivity contribution in [1.82, 2.24) is 20.0 Å². The Labute approximate surface area is 194 Å². The highest BCUT2D eigenvalue weighted by Crippen LogP contribution is 2.33. The number of rotatable bonds is 6. The van der Waals surface area contributed by atoms with E-state index in [1.54, 1.807) is 4.90 Å². The van der Waals surface area contributed by atoms with Crippen molar-refractivity contribution in [3.63, 3.8) is 0 Å². The Bertz CT molecular complexity index is 833. The minimum absolute atomic E-state index is 0.00795. The standard InChI is InChI=1S/C24H34F2N4O3/c25-20-5-4-19(16-21(20)26)23(32)29-10-8-28(9-11-29)17-22(31)27-18-24(6-2-1-3-7-24)30-12-14-33-15-13-30/h4-5,16H,1-3,6-15,17-18H2,(H,27,31). The monoisotopic (exact) mass is 464 g/mol. The molecule has 0 spiro atoms. The third-order valence-electron chi connectivity index (χ3n) is 7.27. The molecule has 4 rings (SSSR count). The lowest BCUT2D eigenvalue weighted by atomic mass is 9.79.